The van der Waals surface area contributed by atoms with Crippen LogP contribution in [0, 0.1) is 0 Å². The van der Waals surface area contributed by atoms with Gasteiger partial charge in [0, 0.05) is 13.0 Å². The fourth-order valence-electron chi connectivity index (χ4n) is 3.06. The minimum atomic E-state index is -0.988. The van der Waals surface area contributed by atoms with E-state index in [1.165, 1.54) is 6.08 Å². The molecule has 3 rings (SSSR count). The van der Waals surface area contributed by atoms with Gasteiger partial charge in [-0.2, -0.15) is 0 Å². The lowest BCUT2D eigenvalue weighted by molar-refractivity contribution is -0.137. The number of ether oxygens (including phenoxy) is 3. The van der Waals surface area contributed by atoms with E-state index in [-0.39, 0.29) is 25.1 Å². The zero-order valence-electron chi connectivity index (χ0n) is 16.6. The lowest BCUT2D eigenvalue weighted by Gasteiger charge is -2.10. The molecular weight excluding hydrogens is 390 g/mol. The molecule has 2 aromatic rings. The van der Waals surface area contributed by atoms with Crippen LogP contribution in [0.15, 0.2) is 48.2 Å². The van der Waals surface area contributed by atoms with Crippen molar-refractivity contribution in [2.75, 3.05) is 20.8 Å². The average molecular weight is 411 g/mol. The number of benzene rings is 2. The fraction of sp³-hybridized carbons (Fsp3) is 0.227. The van der Waals surface area contributed by atoms with E-state index in [0.29, 0.717) is 17.1 Å². The van der Waals surface area contributed by atoms with Gasteiger partial charge in [0.05, 0.1) is 14.2 Å². The molecule has 1 heterocycles. The summed E-state index contributed by atoms with van der Waals surface area (Å²) in [4.78, 5) is 35.9. The van der Waals surface area contributed by atoms with Gasteiger partial charge in [0.25, 0.3) is 5.91 Å². The van der Waals surface area contributed by atoms with Crippen LogP contribution in [-0.4, -0.2) is 48.7 Å². The molecule has 0 aromatic heterocycles. The van der Waals surface area contributed by atoms with Gasteiger partial charge in [0.15, 0.2) is 17.3 Å². The van der Waals surface area contributed by atoms with Crippen LogP contribution in [0.2, 0.25) is 0 Å². The molecule has 0 saturated carbocycles. The molecule has 2 aromatic carbocycles. The van der Waals surface area contributed by atoms with Crippen molar-refractivity contribution in [3.8, 4) is 22.6 Å². The number of imide groups is 1. The maximum atomic E-state index is 12.4. The van der Waals surface area contributed by atoms with E-state index in [4.69, 9.17) is 19.3 Å². The Labute approximate surface area is 173 Å². The third-order valence-corrected chi connectivity index (χ3v) is 4.55. The van der Waals surface area contributed by atoms with Gasteiger partial charge in [-0.05, 0) is 47.4 Å². The first kappa shape index (κ1) is 20.9. The van der Waals surface area contributed by atoms with Crippen LogP contribution in [0.5, 0.6) is 11.5 Å². The average Bonchev–Trinajstić information content (AvgIpc) is 3.00. The molecule has 156 valence electrons. The van der Waals surface area contributed by atoms with Crippen molar-refractivity contribution in [1.82, 2.24) is 4.90 Å². The standard InChI is InChI=1S/C22H21NO7/c1-28-17-9-8-16(13-18(17)29-2)15-6-3-5-14(11-15)12-19-21(26)23(22(27)30-19)10-4-7-20(24)25/h3,5-6,8-9,11-13H,4,7,10H2,1-2H3,(H,24,25). The molecule has 0 atom stereocenters. The molecule has 2 amide bonds. The third kappa shape index (κ3) is 4.60. The minimum Gasteiger partial charge on any atom is -0.493 e. The van der Waals surface area contributed by atoms with Crippen molar-refractivity contribution < 1.29 is 33.7 Å². The van der Waals surface area contributed by atoms with E-state index in [0.717, 1.165) is 16.0 Å². The highest BCUT2D eigenvalue weighted by Crippen LogP contribution is 2.33. The number of aliphatic carboxylic acids is 1. The third-order valence-electron chi connectivity index (χ3n) is 4.55. The molecule has 1 saturated heterocycles. The van der Waals surface area contributed by atoms with Crippen molar-refractivity contribution in [3.05, 3.63) is 53.8 Å². The summed E-state index contributed by atoms with van der Waals surface area (Å²) in [5.74, 6) is -0.457. The summed E-state index contributed by atoms with van der Waals surface area (Å²) in [6, 6.07) is 12.9. The minimum absolute atomic E-state index is 0.00696. The summed E-state index contributed by atoms with van der Waals surface area (Å²) in [5, 5.41) is 8.70. The number of nitrogens with zero attached hydrogens (tertiary/aromatic N) is 1. The van der Waals surface area contributed by atoms with Crippen LogP contribution in [0.25, 0.3) is 17.2 Å². The van der Waals surface area contributed by atoms with Crippen molar-refractivity contribution in [2.45, 2.75) is 12.8 Å². The fourth-order valence-corrected chi connectivity index (χ4v) is 3.06. The lowest BCUT2D eigenvalue weighted by atomic mass is 10.0. The Kier molecular flexibility index (Phi) is 6.36. The van der Waals surface area contributed by atoms with Crippen molar-refractivity contribution in [3.63, 3.8) is 0 Å². The van der Waals surface area contributed by atoms with E-state index >= 15 is 0 Å². The lowest BCUT2D eigenvalue weighted by Crippen LogP contribution is -2.30. The van der Waals surface area contributed by atoms with E-state index in [2.05, 4.69) is 0 Å². The van der Waals surface area contributed by atoms with Crippen molar-refractivity contribution in [2.24, 2.45) is 0 Å². The summed E-state index contributed by atoms with van der Waals surface area (Å²) < 4.78 is 15.7. The van der Waals surface area contributed by atoms with Crippen LogP contribution in [-0.2, 0) is 14.3 Å². The largest absolute Gasteiger partial charge is 0.493 e. The van der Waals surface area contributed by atoms with Gasteiger partial charge in [0.1, 0.15) is 0 Å². The molecule has 30 heavy (non-hydrogen) atoms. The maximum absolute atomic E-state index is 12.4. The monoisotopic (exact) mass is 411 g/mol. The summed E-state index contributed by atoms with van der Waals surface area (Å²) in [5.41, 5.74) is 2.43. The molecule has 0 spiro atoms. The first-order valence-electron chi connectivity index (χ1n) is 9.22. The predicted molar refractivity (Wildman–Crippen MR) is 108 cm³/mol. The van der Waals surface area contributed by atoms with Crippen LogP contribution in [0.1, 0.15) is 18.4 Å². The first-order chi connectivity index (χ1) is 14.4. The van der Waals surface area contributed by atoms with Gasteiger partial charge in [-0.15, -0.1) is 0 Å². The van der Waals surface area contributed by atoms with E-state index < -0.39 is 18.0 Å². The molecule has 0 radical (unpaired) electrons. The van der Waals surface area contributed by atoms with Crippen LogP contribution in [0.3, 0.4) is 0 Å². The topological polar surface area (TPSA) is 102 Å². The number of carboxylic acid groups (broad SMARTS) is 1. The highest BCUT2D eigenvalue weighted by atomic mass is 16.6. The zero-order valence-corrected chi connectivity index (χ0v) is 16.6. The molecule has 1 aliphatic heterocycles. The molecule has 1 aliphatic rings. The Morgan fingerprint density at radius 3 is 2.50 bits per heavy atom. The van der Waals surface area contributed by atoms with Crippen LogP contribution >= 0.6 is 0 Å². The zero-order chi connectivity index (χ0) is 21.7. The van der Waals surface area contributed by atoms with Crippen LogP contribution < -0.4 is 9.47 Å². The van der Waals surface area contributed by atoms with Crippen molar-refractivity contribution >= 4 is 24.0 Å². The molecule has 1 N–H and O–H groups in total. The number of methoxy groups -OCH3 is 2. The van der Waals surface area contributed by atoms with E-state index in [1.54, 1.807) is 26.4 Å². The van der Waals surface area contributed by atoms with Gasteiger partial charge in [0.2, 0.25) is 0 Å². The summed E-state index contributed by atoms with van der Waals surface area (Å²) in [7, 11) is 3.12. The van der Waals surface area contributed by atoms with Gasteiger partial charge >= 0.3 is 12.1 Å². The molecule has 1 fully saturated rings. The number of rotatable bonds is 8. The highest BCUT2D eigenvalue weighted by Gasteiger charge is 2.36. The normalized spacial score (nSPS) is 14.7. The molecule has 8 nitrogen and oxygen atoms in total. The summed E-state index contributed by atoms with van der Waals surface area (Å²) in [6.45, 7) is -0.00696. The van der Waals surface area contributed by atoms with Gasteiger partial charge in [-0.1, -0.05) is 24.3 Å². The number of carbonyl (C=O) groups excluding carboxylic acids is 2. The molecule has 0 bridgehead atoms. The Balaban J connectivity index is 1.81. The van der Waals surface area contributed by atoms with Gasteiger partial charge in [-0.25, -0.2) is 9.69 Å². The second-order valence-electron chi connectivity index (χ2n) is 6.53. The first-order valence-corrected chi connectivity index (χ1v) is 9.22. The Morgan fingerprint density at radius 2 is 1.80 bits per heavy atom. The molecule has 0 unspecified atom stereocenters. The van der Waals surface area contributed by atoms with E-state index in [1.807, 2.05) is 30.3 Å². The number of amides is 2. The van der Waals surface area contributed by atoms with Gasteiger partial charge in [-0.3, -0.25) is 9.59 Å². The summed E-state index contributed by atoms with van der Waals surface area (Å²) in [6.07, 6.45) is 0.719. The molecule has 8 heteroatoms. The Hall–Kier alpha value is -3.81. The number of carbonyl (C=O) groups is 3. The van der Waals surface area contributed by atoms with Gasteiger partial charge < -0.3 is 19.3 Å². The number of cyclic esters (lactones) is 1. The van der Waals surface area contributed by atoms with E-state index in [9.17, 15) is 14.4 Å². The molecular formula is C22H21NO7. The second kappa shape index (κ2) is 9.13. The highest BCUT2D eigenvalue weighted by molar-refractivity contribution is 6.10. The smallest absolute Gasteiger partial charge is 0.422 e. The Morgan fingerprint density at radius 1 is 1.07 bits per heavy atom. The second-order valence-corrected chi connectivity index (χ2v) is 6.53. The maximum Gasteiger partial charge on any atom is 0.422 e. The number of carboxylic acids is 1. The number of hydrogen-bond donors (Lipinski definition) is 1. The SMILES string of the molecule is COc1ccc(-c2cccc(C=C3OC(=O)N(CCCC(=O)O)C3=O)c2)cc1OC. The van der Waals surface area contributed by atoms with Crippen molar-refractivity contribution in [1.29, 1.82) is 0 Å². The quantitative estimate of drug-likeness (QED) is 0.663. The molecule has 0 aliphatic carbocycles. The van der Waals surface area contributed by atoms with Crippen LogP contribution in [0.4, 0.5) is 4.79 Å². The number of hydrogen-bond acceptors (Lipinski definition) is 6. The summed E-state index contributed by atoms with van der Waals surface area (Å²) >= 11 is 0. The Bertz CT molecular complexity index is 1010. The predicted octanol–water partition coefficient (Wildman–Crippen LogP) is 3.56.